The monoisotopic (exact) mass is 436 g/mol. The van der Waals surface area contributed by atoms with Crippen molar-refractivity contribution in [2.24, 2.45) is 11.8 Å². The summed E-state index contributed by atoms with van der Waals surface area (Å²) in [6.07, 6.45) is 11.2. The Bertz CT molecular complexity index is 959. The van der Waals surface area contributed by atoms with Crippen molar-refractivity contribution in [1.82, 2.24) is 15.0 Å². The van der Waals surface area contributed by atoms with E-state index in [9.17, 15) is 0 Å². The molecule has 170 valence electrons. The molecule has 2 aromatic rings. The van der Waals surface area contributed by atoms with Gasteiger partial charge in [0.1, 0.15) is 6.61 Å². The van der Waals surface area contributed by atoms with Gasteiger partial charge in [0.2, 0.25) is 11.8 Å². The SMILES string of the molecule is COc1cc(N2CCC(Nc3ncc4c(n3)N3CC(C5CCC5)CC3CO4)CC2)ccn1. The molecular formula is C24H32N6O2. The molecule has 2 saturated heterocycles. The zero-order valence-corrected chi connectivity index (χ0v) is 18.7. The van der Waals surface area contributed by atoms with Crippen molar-refractivity contribution in [2.75, 3.05) is 48.5 Å². The number of rotatable bonds is 5. The van der Waals surface area contributed by atoms with Crippen LogP contribution >= 0.6 is 0 Å². The van der Waals surface area contributed by atoms with Gasteiger partial charge in [-0.3, -0.25) is 0 Å². The summed E-state index contributed by atoms with van der Waals surface area (Å²) in [5, 5.41) is 3.59. The number of methoxy groups -OCH3 is 1. The minimum atomic E-state index is 0.370. The standard InChI is InChI=1S/C24H32N6O2/c1-31-22-12-19(5-8-25-22)29-9-6-18(7-10-29)27-24-26-13-21-23(28-24)30-14-17(16-3-2-4-16)11-20(30)15-32-21/h5,8,12-13,16-18,20H,2-4,6-7,9-11,14-15H2,1H3,(H,26,27,28). The zero-order chi connectivity index (χ0) is 21.5. The van der Waals surface area contributed by atoms with E-state index >= 15 is 0 Å². The molecule has 2 unspecified atom stereocenters. The highest BCUT2D eigenvalue weighted by Crippen LogP contribution is 2.44. The van der Waals surface area contributed by atoms with Crippen molar-refractivity contribution in [3.8, 4) is 11.6 Å². The number of aromatic nitrogens is 3. The van der Waals surface area contributed by atoms with E-state index in [1.165, 1.54) is 31.4 Å². The molecule has 0 radical (unpaired) electrons. The van der Waals surface area contributed by atoms with Gasteiger partial charge >= 0.3 is 0 Å². The molecule has 8 nitrogen and oxygen atoms in total. The summed E-state index contributed by atoms with van der Waals surface area (Å²) < 4.78 is 11.3. The van der Waals surface area contributed by atoms with Crippen LogP contribution in [0.1, 0.15) is 38.5 Å². The fourth-order valence-corrected chi connectivity index (χ4v) is 5.72. The Kier molecular flexibility index (Phi) is 5.15. The quantitative estimate of drug-likeness (QED) is 0.765. The Morgan fingerprint density at radius 2 is 2.00 bits per heavy atom. The minimum Gasteiger partial charge on any atom is -0.486 e. The first-order valence-corrected chi connectivity index (χ1v) is 12.0. The van der Waals surface area contributed by atoms with Gasteiger partial charge in [-0.05, 0) is 37.2 Å². The average Bonchev–Trinajstić information content (AvgIpc) is 3.22. The first-order chi connectivity index (χ1) is 15.8. The van der Waals surface area contributed by atoms with Gasteiger partial charge in [0, 0.05) is 43.6 Å². The molecule has 0 amide bonds. The van der Waals surface area contributed by atoms with Crippen molar-refractivity contribution in [3.05, 3.63) is 24.5 Å². The Morgan fingerprint density at radius 3 is 2.78 bits per heavy atom. The molecule has 8 heteroatoms. The van der Waals surface area contributed by atoms with Crippen molar-refractivity contribution >= 4 is 17.5 Å². The van der Waals surface area contributed by atoms with E-state index in [1.807, 2.05) is 24.5 Å². The molecule has 3 fully saturated rings. The average molecular weight is 437 g/mol. The molecular weight excluding hydrogens is 404 g/mol. The third-order valence-electron chi connectivity index (χ3n) is 7.82. The van der Waals surface area contributed by atoms with Crippen LogP contribution in [0.15, 0.2) is 24.5 Å². The molecule has 2 aromatic heterocycles. The normalized spacial score (nSPS) is 25.5. The summed E-state index contributed by atoms with van der Waals surface area (Å²) in [7, 11) is 1.66. The van der Waals surface area contributed by atoms with E-state index < -0.39 is 0 Å². The molecule has 0 aromatic carbocycles. The first-order valence-electron chi connectivity index (χ1n) is 12.0. The fourth-order valence-electron chi connectivity index (χ4n) is 5.72. The number of hydrogen-bond donors (Lipinski definition) is 1. The number of nitrogens with zero attached hydrogens (tertiary/aromatic N) is 5. The molecule has 4 aliphatic rings. The molecule has 0 bridgehead atoms. The minimum absolute atomic E-state index is 0.370. The van der Waals surface area contributed by atoms with Crippen LogP contribution in [-0.2, 0) is 0 Å². The number of piperidine rings is 1. The summed E-state index contributed by atoms with van der Waals surface area (Å²) >= 11 is 0. The maximum Gasteiger partial charge on any atom is 0.225 e. The molecule has 5 heterocycles. The number of anilines is 3. The number of pyridine rings is 1. The van der Waals surface area contributed by atoms with E-state index in [4.69, 9.17) is 14.5 Å². The third kappa shape index (κ3) is 3.69. The van der Waals surface area contributed by atoms with E-state index in [1.54, 1.807) is 7.11 Å². The van der Waals surface area contributed by atoms with E-state index in [2.05, 4.69) is 25.1 Å². The second-order valence-electron chi connectivity index (χ2n) is 9.65. The molecule has 1 saturated carbocycles. The number of nitrogens with one attached hydrogen (secondary N) is 1. The van der Waals surface area contributed by atoms with Crippen molar-refractivity contribution in [2.45, 2.75) is 50.6 Å². The van der Waals surface area contributed by atoms with Gasteiger partial charge in [0.05, 0.1) is 19.3 Å². The van der Waals surface area contributed by atoms with Crippen molar-refractivity contribution < 1.29 is 9.47 Å². The predicted octanol–water partition coefficient (Wildman–Crippen LogP) is 3.35. The number of fused-ring (bicyclic) bond motifs is 3. The second kappa shape index (κ2) is 8.30. The van der Waals surface area contributed by atoms with Crippen LogP contribution in [0.3, 0.4) is 0 Å². The highest BCUT2D eigenvalue weighted by Gasteiger charge is 2.42. The predicted molar refractivity (Wildman–Crippen MR) is 124 cm³/mol. The van der Waals surface area contributed by atoms with Crippen LogP contribution in [-0.4, -0.2) is 60.4 Å². The van der Waals surface area contributed by atoms with E-state index in [0.29, 0.717) is 18.0 Å². The maximum absolute atomic E-state index is 6.03. The van der Waals surface area contributed by atoms with Gasteiger partial charge in [-0.15, -0.1) is 0 Å². The summed E-state index contributed by atoms with van der Waals surface area (Å²) in [6.45, 7) is 3.85. The van der Waals surface area contributed by atoms with Gasteiger partial charge in [-0.1, -0.05) is 19.3 Å². The number of hydrogen-bond acceptors (Lipinski definition) is 8. The lowest BCUT2D eigenvalue weighted by molar-refractivity contribution is 0.210. The zero-order valence-electron chi connectivity index (χ0n) is 18.7. The lowest BCUT2D eigenvalue weighted by Gasteiger charge is -2.35. The van der Waals surface area contributed by atoms with Crippen LogP contribution in [0.2, 0.25) is 0 Å². The fraction of sp³-hybridized carbons (Fsp3) is 0.625. The summed E-state index contributed by atoms with van der Waals surface area (Å²) in [5.41, 5.74) is 1.17. The third-order valence-corrected chi connectivity index (χ3v) is 7.82. The molecule has 1 N–H and O–H groups in total. The topological polar surface area (TPSA) is 75.6 Å². The smallest absolute Gasteiger partial charge is 0.225 e. The Labute approximate surface area is 189 Å². The lowest BCUT2D eigenvalue weighted by Crippen LogP contribution is -2.40. The van der Waals surface area contributed by atoms with Crippen LogP contribution < -0.4 is 24.6 Å². The number of ether oxygens (including phenoxy) is 2. The van der Waals surface area contributed by atoms with Crippen LogP contribution in [0.5, 0.6) is 11.6 Å². The molecule has 0 spiro atoms. The molecule has 6 rings (SSSR count). The van der Waals surface area contributed by atoms with Crippen LogP contribution in [0, 0.1) is 11.8 Å². The largest absolute Gasteiger partial charge is 0.486 e. The van der Waals surface area contributed by atoms with E-state index in [-0.39, 0.29) is 0 Å². The summed E-state index contributed by atoms with van der Waals surface area (Å²) in [5.74, 6) is 4.92. The molecule has 3 aliphatic heterocycles. The van der Waals surface area contributed by atoms with Gasteiger partial charge < -0.3 is 24.6 Å². The van der Waals surface area contributed by atoms with E-state index in [0.717, 1.165) is 68.4 Å². The second-order valence-corrected chi connectivity index (χ2v) is 9.65. The highest BCUT2D eigenvalue weighted by atomic mass is 16.5. The van der Waals surface area contributed by atoms with Crippen molar-refractivity contribution in [1.29, 1.82) is 0 Å². The van der Waals surface area contributed by atoms with Gasteiger partial charge in [-0.2, -0.15) is 4.98 Å². The summed E-state index contributed by atoms with van der Waals surface area (Å²) in [6, 6.07) is 4.89. The van der Waals surface area contributed by atoms with Gasteiger partial charge in [0.15, 0.2) is 11.6 Å². The molecule has 32 heavy (non-hydrogen) atoms. The summed E-state index contributed by atoms with van der Waals surface area (Å²) in [4.78, 5) is 18.6. The molecule has 2 atom stereocenters. The highest BCUT2D eigenvalue weighted by molar-refractivity contribution is 5.58. The van der Waals surface area contributed by atoms with Crippen LogP contribution in [0.25, 0.3) is 0 Å². The first kappa shape index (κ1) is 19.9. The lowest BCUT2D eigenvalue weighted by atomic mass is 9.75. The van der Waals surface area contributed by atoms with Crippen LogP contribution in [0.4, 0.5) is 17.5 Å². The maximum atomic E-state index is 6.03. The van der Waals surface area contributed by atoms with Crippen molar-refractivity contribution in [3.63, 3.8) is 0 Å². The van der Waals surface area contributed by atoms with Gasteiger partial charge in [0.25, 0.3) is 0 Å². The molecule has 1 aliphatic carbocycles. The Hall–Kier alpha value is -2.77. The Morgan fingerprint density at radius 1 is 1.12 bits per heavy atom. The van der Waals surface area contributed by atoms with Gasteiger partial charge in [-0.25, -0.2) is 9.97 Å². The Balaban J connectivity index is 1.10.